The molecule has 0 fully saturated rings. The van der Waals surface area contributed by atoms with Gasteiger partial charge in [-0.25, -0.2) is 0 Å². The quantitative estimate of drug-likeness (QED) is 0.538. The first-order valence-electron chi connectivity index (χ1n) is 11.8. The molecule has 0 saturated carbocycles. The monoisotopic (exact) mass is 479 g/mol. The van der Waals surface area contributed by atoms with Gasteiger partial charge in [0.1, 0.15) is 11.5 Å². The number of hydrogen-bond acceptors (Lipinski definition) is 6. The molecule has 1 atom stereocenters. The summed E-state index contributed by atoms with van der Waals surface area (Å²) in [6.45, 7) is 6.62. The molecule has 0 saturated heterocycles. The fourth-order valence-electron chi connectivity index (χ4n) is 5.16. The van der Waals surface area contributed by atoms with Crippen LogP contribution in [0.2, 0.25) is 0 Å². The zero-order valence-corrected chi connectivity index (χ0v) is 21.3. The Labute approximate surface area is 206 Å². The molecule has 35 heavy (non-hydrogen) atoms. The number of carbonyl (C=O) groups is 2. The lowest BCUT2D eigenvalue weighted by Crippen LogP contribution is -2.43. The third kappa shape index (κ3) is 4.59. The molecule has 2 aliphatic rings. The summed E-state index contributed by atoms with van der Waals surface area (Å²) in [5.74, 6) is 1.89. The minimum Gasteiger partial charge on any atom is -0.496 e. The van der Waals surface area contributed by atoms with E-state index in [1.54, 1.807) is 32.3 Å². The molecule has 2 aromatic rings. The number of benzene rings is 2. The van der Waals surface area contributed by atoms with Crippen molar-refractivity contribution in [2.75, 3.05) is 32.8 Å². The van der Waals surface area contributed by atoms with E-state index in [1.807, 2.05) is 37.3 Å². The van der Waals surface area contributed by atoms with Crippen LogP contribution < -0.4 is 23.8 Å². The summed E-state index contributed by atoms with van der Waals surface area (Å²) in [6, 6.07) is 11.0. The van der Waals surface area contributed by atoms with Gasteiger partial charge in [-0.15, -0.1) is 0 Å². The first kappa shape index (κ1) is 24.6. The normalized spacial score (nSPS) is 19.4. The molecule has 1 amide bonds. The molecule has 4 rings (SSSR count). The minimum absolute atomic E-state index is 0.0570. The van der Waals surface area contributed by atoms with Crippen molar-refractivity contribution >= 4 is 17.4 Å². The summed E-state index contributed by atoms with van der Waals surface area (Å²) in [4.78, 5) is 29.0. The Bertz CT molecular complexity index is 1160. The Morgan fingerprint density at radius 2 is 1.54 bits per heavy atom. The highest BCUT2D eigenvalue weighted by atomic mass is 16.5. The van der Waals surface area contributed by atoms with Gasteiger partial charge < -0.3 is 18.9 Å². The van der Waals surface area contributed by atoms with Crippen LogP contribution in [0.15, 0.2) is 47.7 Å². The summed E-state index contributed by atoms with van der Waals surface area (Å²) in [5, 5.41) is 0. The minimum atomic E-state index is -0.435. The standard InChI is InChI=1S/C28H33NO6/c1-7-35-18-10-8-17(9-11-18)29-21-15-28(2,3)16-22(30)27(21)20(13-26(29)31)19-12-24(33-5)25(34-6)14-23(19)32-4/h8-12,14,20H,7,13,15-16H2,1-6H3. The number of nitrogens with zero attached hydrogens (tertiary/aromatic N) is 1. The maximum atomic E-state index is 13.7. The van der Waals surface area contributed by atoms with Gasteiger partial charge in [-0.3, -0.25) is 14.5 Å². The summed E-state index contributed by atoms with van der Waals surface area (Å²) >= 11 is 0. The molecule has 1 heterocycles. The van der Waals surface area contributed by atoms with Crippen LogP contribution in [-0.4, -0.2) is 39.6 Å². The topological polar surface area (TPSA) is 74.3 Å². The Hall–Kier alpha value is -3.48. The van der Waals surface area contributed by atoms with Crippen LogP contribution in [0, 0.1) is 5.41 Å². The number of methoxy groups -OCH3 is 3. The van der Waals surface area contributed by atoms with E-state index < -0.39 is 5.92 Å². The first-order chi connectivity index (χ1) is 16.7. The van der Waals surface area contributed by atoms with E-state index in [9.17, 15) is 9.59 Å². The molecule has 1 aliphatic heterocycles. The lowest BCUT2D eigenvalue weighted by Gasteiger charge is -2.43. The van der Waals surface area contributed by atoms with Gasteiger partial charge in [-0.1, -0.05) is 13.8 Å². The smallest absolute Gasteiger partial charge is 0.232 e. The summed E-state index contributed by atoms with van der Waals surface area (Å²) < 4.78 is 22.2. The third-order valence-corrected chi connectivity index (χ3v) is 6.66. The third-order valence-electron chi connectivity index (χ3n) is 6.66. The average Bonchev–Trinajstić information content (AvgIpc) is 2.82. The van der Waals surface area contributed by atoms with Gasteiger partial charge in [0, 0.05) is 47.3 Å². The highest BCUT2D eigenvalue weighted by Gasteiger charge is 2.45. The summed E-state index contributed by atoms with van der Waals surface area (Å²) in [6.07, 6.45) is 1.17. The van der Waals surface area contributed by atoms with E-state index in [4.69, 9.17) is 18.9 Å². The Kier molecular flexibility index (Phi) is 6.79. The highest BCUT2D eigenvalue weighted by molar-refractivity contribution is 6.08. The van der Waals surface area contributed by atoms with E-state index in [0.29, 0.717) is 42.3 Å². The van der Waals surface area contributed by atoms with Crippen LogP contribution >= 0.6 is 0 Å². The van der Waals surface area contributed by atoms with E-state index in [2.05, 4.69) is 13.8 Å². The SMILES string of the molecule is CCOc1ccc(N2C(=O)CC(c3cc(OC)c(OC)cc3OC)C3=C2CC(C)(C)CC3=O)cc1. The zero-order chi connectivity index (χ0) is 25.3. The maximum Gasteiger partial charge on any atom is 0.232 e. The number of carbonyl (C=O) groups excluding carboxylic acids is 2. The second-order valence-electron chi connectivity index (χ2n) is 9.66. The molecule has 2 aromatic carbocycles. The van der Waals surface area contributed by atoms with Gasteiger partial charge in [-0.05, 0) is 49.1 Å². The van der Waals surface area contributed by atoms with Crippen molar-refractivity contribution in [3.8, 4) is 23.0 Å². The van der Waals surface area contributed by atoms with E-state index >= 15 is 0 Å². The van der Waals surface area contributed by atoms with E-state index in [-0.39, 0.29) is 23.5 Å². The number of ether oxygens (including phenoxy) is 4. The first-order valence-corrected chi connectivity index (χ1v) is 11.8. The number of anilines is 1. The number of amides is 1. The maximum absolute atomic E-state index is 13.7. The summed E-state index contributed by atoms with van der Waals surface area (Å²) in [7, 11) is 4.69. The number of hydrogen-bond donors (Lipinski definition) is 0. The summed E-state index contributed by atoms with van der Waals surface area (Å²) in [5.41, 5.74) is 2.64. The second kappa shape index (κ2) is 9.64. The number of Topliss-reactive ketones (excluding diaryl/α,β-unsaturated/α-hetero) is 1. The molecule has 1 aliphatic carbocycles. The van der Waals surface area contributed by atoms with Crippen molar-refractivity contribution < 1.29 is 28.5 Å². The number of allylic oxidation sites excluding steroid dienone is 2. The molecule has 7 heteroatoms. The molecular weight excluding hydrogens is 446 g/mol. The molecule has 186 valence electrons. The van der Waals surface area contributed by atoms with Gasteiger partial charge in [-0.2, -0.15) is 0 Å². The van der Waals surface area contributed by atoms with Crippen LogP contribution in [0.1, 0.15) is 51.5 Å². The molecule has 0 radical (unpaired) electrons. The molecular formula is C28H33NO6. The van der Waals surface area contributed by atoms with Crippen LogP contribution in [0.3, 0.4) is 0 Å². The molecule has 7 nitrogen and oxygen atoms in total. The number of rotatable bonds is 7. The molecule has 0 spiro atoms. The van der Waals surface area contributed by atoms with Crippen molar-refractivity contribution in [1.29, 1.82) is 0 Å². The Morgan fingerprint density at radius 3 is 2.14 bits per heavy atom. The van der Waals surface area contributed by atoms with Gasteiger partial charge in [0.2, 0.25) is 5.91 Å². The average molecular weight is 480 g/mol. The highest BCUT2D eigenvalue weighted by Crippen LogP contribution is 2.51. The lowest BCUT2D eigenvalue weighted by atomic mass is 9.69. The molecule has 0 aromatic heterocycles. The fourth-order valence-corrected chi connectivity index (χ4v) is 5.16. The Balaban J connectivity index is 1.89. The molecule has 0 N–H and O–H groups in total. The van der Waals surface area contributed by atoms with Crippen molar-refractivity contribution in [3.05, 3.63) is 53.2 Å². The van der Waals surface area contributed by atoms with Gasteiger partial charge in [0.25, 0.3) is 0 Å². The largest absolute Gasteiger partial charge is 0.496 e. The van der Waals surface area contributed by atoms with Crippen LogP contribution in [-0.2, 0) is 9.59 Å². The number of ketones is 1. The van der Waals surface area contributed by atoms with Crippen LogP contribution in [0.25, 0.3) is 0 Å². The van der Waals surface area contributed by atoms with Crippen molar-refractivity contribution in [2.45, 2.75) is 46.0 Å². The van der Waals surface area contributed by atoms with E-state index in [0.717, 1.165) is 22.7 Å². The predicted octanol–water partition coefficient (Wildman–Crippen LogP) is 5.27. The van der Waals surface area contributed by atoms with Crippen molar-refractivity contribution in [3.63, 3.8) is 0 Å². The van der Waals surface area contributed by atoms with Gasteiger partial charge in [0.15, 0.2) is 17.3 Å². The molecule has 1 unspecified atom stereocenters. The zero-order valence-electron chi connectivity index (χ0n) is 21.3. The van der Waals surface area contributed by atoms with E-state index in [1.165, 1.54) is 0 Å². The predicted molar refractivity (Wildman–Crippen MR) is 134 cm³/mol. The second-order valence-corrected chi connectivity index (χ2v) is 9.66. The molecule has 0 bridgehead atoms. The lowest BCUT2D eigenvalue weighted by molar-refractivity contribution is -0.121. The fraction of sp³-hybridized carbons (Fsp3) is 0.429. The van der Waals surface area contributed by atoms with Crippen molar-refractivity contribution in [1.82, 2.24) is 0 Å². The van der Waals surface area contributed by atoms with Gasteiger partial charge in [0.05, 0.1) is 27.9 Å². The van der Waals surface area contributed by atoms with Crippen LogP contribution in [0.4, 0.5) is 5.69 Å². The van der Waals surface area contributed by atoms with Crippen molar-refractivity contribution in [2.24, 2.45) is 5.41 Å². The Morgan fingerprint density at radius 1 is 0.914 bits per heavy atom. The van der Waals surface area contributed by atoms with Crippen LogP contribution in [0.5, 0.6) is 23.0 Å². The van der Waals surface area contributed by atoms with Gasteiger partial charge >= 0.3 is 0 Å².